The molecule has 0 aliphatic rings. The third-order valence-electron chi connectivity index (χ3n) is 23.3. The normalized spacial score (nSPS) is 12.2. The summed E-state index contributed by atoms with van der Waals surface area (Å²) in [6, 6.07) is 139. The molecule has 0 aliphatic carbocycles. The number of benzene rings is 16. The van der Waals surface area contributed by atoms with Crippen molar-refractivity contribution in [3.05, 3.63) is 376 Å². The zero-order valence-electron chi connectivity index (χ0n) is 58.9. The Morgan fingerprint density at radius 3 is 0.569 bits per heavy atom. The van der Waals surface area contributed by atoms with Crippen molar-refractivity contribution in [1.29, 1.82) is 0 Å². The Kier molecular flexibility index (Phi) is 12.5. The van der Waals surface area contributed by atoms with Crippen LogP contribution in [-0.4, -0.2) is 37.0 Å². The van der Waals surface area contributed by atoms with E-state index >= 15 is 0 Å². The lowest BCUT2D eigenvalue weighted by molar-refractivity contribution is 1.01. The summed E-state index contributed by atoms with van der Waals surface area (Å²) in [4.78, 5) is 5.49. The summed E-state index contributed by atoms with van der Waals surface area (Å²) in [6.07, 6.45) is 0. The van der Waals surface area contributed by atoms with Crippen molar-refractivity contribution in [3.63, 3.8) is 0 Å². The summed E-state index contributed by atoms with van der Waals surface area (Å²) in [5.74, 6) is 1.74. The van der Waals surface area contributed by atoms with Gasteiger partial charge in [0.05, 0.1) is 94.3 Å². The van der Waals surface area contributed by atoms with Crippen LogP contribution in [-0.2, 0) is 0 Å². The Labute approximate surface area is 624 Å². The zero-order chi connectivity index (χ0) is 71.1. The van der Waals surface area contributed by atoms with Gasteiger partial charge in [-0.2, -0.15) is 0 Å². The van der Waals surface area contributed by atoms with Crippen molar-refractivity contribution in [1.82, 2.24) is 37.0 Å². The standard InChI is InChI=1S/C101H62N8/c1-11-35-86-72(25-1)73-26-2-12-36-87(73)103(86)67-23-21-24-68(59-67)104-90-39-15-7-31-78(90)82-55-63(47-51-96(82)104)64-48-52-97-83(56-64)79-32-8-16-40-91(79)106(97)70-60-69(105-88-37-13-3-27-74(88)75-28-4-14-38-89(75)105)61-71(62-70)107-92-41-17-9-33-80(92)84-57-65(49-53-98(84)107)66-50-54-99-85(58-66)81-34-10-20-44-95(81)109(99)101-46-22-45-100(102-101)108-93-42-18-5-29-76(93)77-30-6-19-43-94(77)108/h1-62H. The van der Waals surface area contributed by atoms with Crippen molar-refractivity contribution >= 4 is 153 Å². The van der Waals surface area contributed by atoms with Crippen molar-refractivity contribution in [2.24, 2.45) is 0 Å². The summed E-state index contributed by atoms with van der Waals surface area (Å²) in [5.41, 5.74) is 26.1. The monoisotopic (exact) mass is 1390 g/mol. The lowest BCUT2D eigenvalue weighted by Gasteiger charge is -2.17. The number of aromatic nitrogens is 8. The molecule has 8 aromatic heterocycles. The van der Waals surface area contributed by atoms with E-state index in [-0.39, 0.29) is 0 Å². The molecular formula is C101H62N8. The topological polar surface area (TPSA) is 47.4 Å². The van der Waals surface area contributed by atoms with Gasteiger partial charge >= 0.3 is 0 Å². The molecule has 0 amide bonds. The Morgan fingerprint density at radius 1 is 0.128 bits per heavy atom. The molecule has 24 aromatic rings. The van der Waals surface area contributed by atoms with Gasteiger partial charge in [0.1, 0.15) is 11.6 Å². The van der Waals surface area contributed by atoms with Gasteiger partial charge in [-0.25, -0.2) is 4.98 Å². The molecule has 8 nitrogen and oxygen atoms in total. The second-order valence-electron chi connectivity index (χ2n) is 29.0. The van der Waals surface area contributed by atoms with E-state index < -0.39 is 0 Å². The second kappa shape index (κ2) is 22.9. The van der Waals surface area contributed by atoms with Gasteiger partial charge in [0.2, 0.25) is 0 Å². The first-order valence-electron chi connectivity index (χ1n) is 37.4. The van der Waals surface area contributed by atoms with Crippen LogP contribution in [0.15, 0.2) is 376 Å². The van der Waals surface area contributed by atoms with Crippen LogP contribution in [0.5, 0.6) is 0 Å². The van der Waals surface area contributed by atoms with Crippen LogP contribution >= 0.6 is 0 Å². The summed E-state index contributed by atoms with van der Waals surface area (Å²) in [6.45, 7) is 0. The number of para-hydroxylation sites is 10. The predicted octanol–water partition coefficient (Wildman–Crippen LogP) is 26.1. The highest BCUT2D eigenvalue weighted by Gasteiger charge is 2.24. The quantitative estimate of drug-likeness (QED) is 0.142. The number of fused-ring (bicyclic) bond motifs is 21. The molecular weight excluding hydrogens is 1330 g/mol. The van der Waals surface area contributed by atoms with Crippen molar-refractivity contribution in [2.45, 2.75) is 0 Å². The van der Waals surface area contributed by atoms with Crippen molar-refractivity contribution in [3.8, 4) is 62.3 Å². The van der Waals surface area contributed by atoms with E-state index in [9.17, 15) is 0 Å². The maximum atomic E-state index is 5.49. The molecule has 0 radical (unpaired) electrons. The summed E-state index contributed by atoms with van der Waals surface area (Å²) in [5, 5.41) is 16.9. The van der Waals surface area contributed by atoms with Crippen LogP contribution in [0.4, 0.5) is 0 Å². The first-order chi connectivity index (χ1) is 54.1. The third kappa shape index (κ3) is 8.68. The summed E-state index contributed by atoms with van der Waals surface area (Å²) >= 11 is 0. The average molecular weight is 1390 g/mol. The fourth-order valence-electron chi connectivity index (χ4n) is 18.7. The maximum absolute atomic E-state index is 5.49. The fraction of sp³-hybridized carbons (Fsp3) is 0. The van der Waals surface area contributed by atoms with Crippen LogP contribution in [0, 0.1) is 0 Å². The van der Waals surface area contributed by atoms with E-state index in [4.69, 9.17) is 4.98 Å². The number of nitrogens with zero attached hydrogens (tertiary/aromatic N) is 8. The molecule has 0 aliphatic heterocycles. The number of hydrogen-bond acceptors (Lipinski definition) is 1. The van der Waals surface area contributed by atoms with Gasteiger partial charge in [0.25, 0.3) is 0 Å². The minimum absolute atomic E-state index is 0.867. The van der Waals surface area contributed by atoms with E-state index in [0.717, 1.165) is 123 Å². The van der Waals surface area contributed by atoms with E-state index in [2.05, 4.69) is 408 Å². The zero-order valence-corrected chi connectivity index (χ0v) is 58.9. The molecule has 0 fully saturated rings. The molecule has 109 heavy (non-hydrogen) atoms. The number of hydrogen-bond donors (Lipinski definition) is 0. The van der Waals surface area contributed by atoms with E-state index in [1.807, 2.05) is 0 Å². The molecule has 0 N–H and O–H groups in total. The van der Waals surface area contributed by atoms with E-state index in [0.29, 0.717) is 0 Å². The average Bonchev–Trinajstić information content (AvgIpc) is 1.58. The first-order valence-corrected chi connectivity index (χ1v) is 37.4. The van der Waals surface area contributed by atoms with Crippen molar-refractivity contribution in [2.75, 3.05) is 0 Å². The molecule has 0 bridgehead atoms. The molecule has 0 saturated carbocycles. The highest BCUT2D eigenvalue weighted by molar-refractivity contribution is 6.17. The fourth-order valence-corrected chi connectivity index (χ4v) is 18.7. The summed E-state index contributed by atoms with van der Waals surface area (Å²) in [7, 11) is 0. The van der Waals surface area contributed by atoms with Gasteiger partial charge in [-0.1, -0.05) is 218 Å². The van der Waals surface area contributed by atoms with Crippen LogP contribution in [0.2, 0.25) is 0 Å². The lowest BCUT2D eigenvalue weighted by atomic mass is 10.0. The first kappa shape index (κ1) is 59.6. The summed E-state index contributed by atoms with van der Waals surface area (Å²) < 4.78 is 16.9. The molecule has 0 unspecified atom stereocenters. The van der Waals surface area contributed by atoms with Gasteiger partial charge < -0.3 is 22.8 Å². The number of pyridine rings is 1. The largest absolute Gasteiger partial charge is 0.309 e. The molecule has 506 valence electrons. The van der Waals surface area contributed by atoms with E-state index in [1.54, 1.807) is 0 Å². The maximum Gasteiger partial charge on any atom is 0.140 e. The van der Waals surface area contributed by atoms with Crippen LogP contribution in [0.3, 0.4) is 0 Å². The Morgan fingerprint density at radius 2 is 0.312 bits per heavy atom. The van der Waals surface area contributed by atoms with Gasteiger partial charge in [0, 0.05) is 86.8 Å². The molecule has 16 aromatic carbocycles. The second-order valence-corrected chi connectivity index (χ2v) is 29.0. The molecule has 0 atom stereocenters. The molecule has 8 heterocycles. The Balaban J connectivity index is 0.649. The Hall–Kier alpha value is -14.7. The lowest BCUT2D eigenvalue weighted by Crippen LogP contribution is -2.03. The smallest absolute Gasteiger partial charge is 0.140 e. The highest BCUT2D eigenvalue weighted by atomic mass is 15.1. The third-order valence-corrected chi connectivity index (χ3v) is 23.3. The predicted molar refractivity (Wildman–Crippen MR) is 455 cm³/mol. The van der Waals surface area contributed by atoms with E-state index in [1.165, 1.54) is 92.0 Å². The minimum atomic E-state index is 0.867. The molecule has 0 spiro atoms. The van der Waals surface area contributed by atoms with Crippen molar-refractivity contribution < 1.29 is 0 Å². The van der Waals surface area contributed by atoms with Gasteiger partial charge in [-0.15, -0.1) is 0 Å². The van der Waals surface area contributed by atoms with Crippen LogP contribution < -0.4 is 0 Å². The van der Waals surface area contributed by atoms with Crippen LogP contribution in [0.1, 0.15) is 0 Å². The van der Waals surface area contributed by atoms with Crippen LogP contribution in [0.25, 0.3) is 215 Å². The molecule has 0 saturated heterocycles. The Bertz CT molecular complexity index is 7440. The minimum Gasteiger partial charge on any atom is -0.309 e. The highest BCUT2D eigenvalue weighted by Crippen LogP contribution is 2.45. The molecule has 24 rings (SSSR count). The number of rotatable bonds is 9. The SMILES string of the molecule is c1cc(-n2c3ccccc3c3ccccc32)cc(-n2c3ccccc3c3cc(-c4ccc5c(c4)c4ccccc4n5-c4cc(-n5c6ccccc6c6ccccc65)cc(-n5c6ccccc6c6cc(-c7ccc8c(c7)c7ccccc7n8-c7cccc(-n8c9ccccc9c9ccccc98)n7)ccc65)c4)ccc32)c1. The molecule has 8 heteroatoms. The van der Waals surface area contributed by atoms with Gasteiger partial charge in [-0.05, 0) is 180 Å². The van der Waals surface area contributed by atoms with Gasteiger partial charge in [0.15, 0.2) is 0 Å². The van der Waals surface area contributed by atoms with Gasteiger partial charge in [-0.3, -0.25) is 9.13 Å².